The van der Waals surface area contributed by atoms with Crippen LogP contribution in [0.1, 0.15) is 30.4 Å². The first kappa shape index (κ1) is 17.0. The molecule has 0 aliphatic rings. The van der Waals surface area contributed by atoms with E-state index >= 15 is 0 Å². The minimum absolute atomic E-state index is 0.345. The number of rotatable bonds is 6. The minimum atomic E-state index is -0.988. The van der Waals surface area contributed by atoms with Gasteiger partial charge in [-0.1, -0.05) is 35.4 Å². The van der Waals surface area contributed by atoms with E-state index in [4.69, 9.17) is 9.47 Å². The lowest BCUT2D eigenvalue weighted by molar-refractivity contribution is -0.160. The van der Waals surface area contributed by atoms with Crippen LogP contribution in [0.2, 0.25) is 0 Å². The van der Waals surface area contributed by atoms with Crippen LogP contribution >= 0.6 is 0 Å². The molecule has 1 rings (SSSR count). The van der Waals surface area contributed by atoms with Gasteiger partial charge in [0.1, 0.15) is 0 Å². The molecule has 0 aromatic heterocycles. The second kappa shape index (κ2) is 7.62. The summed E-state index contributed by atoms with van der Waals surface area (Å²) in [4.78, 5) is 24.1. The minimum Gasteiger partial charge on any atom is -0.468 e. The van der Waals surface area contributed by atoms with Crippen molar-refractivity contribution < 1.29 is 19.1 Å². The van der Waals surface area contributed by atoms with E-state index in [0.717, 1.165) is 16.7 Å². The molecule has 0 heterocycles. The zero-order valence-electron chi connectivity index (χ0n) is 13.0. The van der Waals surface area contributed by atoms with Crippen LogP contribution in [-0.2, 0) is 19.1 Å². The number of methoxy groups -OCH3 is 2. The van der Waals surface area contributed by atoms with Crippen LogP contribution < -0.4 is 0 Å². The molecule has 114 valence electrons. The van der Waals surface area contributed by atoms with Crippen molar-refractivity contribution in [2.45, 2.75) is 26.2 Å². The first-order chi connectivity index (χ1) is 9.90. The van der Waals surface area contributed by atoms with Gasteiger partial charge in [-0.05, 0) is 25.8 Å². The molecule has 1 aromatic carbocycles. The van der Waals surface area contributed by atoms with Gasteiger partial charge in [-0.2, -0.15) is 0 Å². The van der Waals surface area contributed by atoms with E-state index in [-0.39, 0.29) is 5.92 Å². The van der Waals surface area contributed by atoms with Crippen LogP contribution in [-0.4, -0.2) is 26.2 Å². The Balaban J connectivity index is 3.29. The topological polar surface area (TPSA) is 52.6 Å². The van der Waals surface area contributed by atoms with Gasteiger partial charge < -0.3 is 9.47 Å². The maximum absolute atomic E-state index is 12.0. The fourth-order valence-corrected chi connectivity index (χ4v) is 2.38. The molecule has 0 spiro atoms. The van der Waals surface area contributed by atoms with Gasteiger partial charge in [-0.25, -0.2) is 0 Å². The van der Waals surface area contributed by atoms with Crippen LogP contribution in [0, 0.1) is 12.8 Å². The fraction of sp³-hybridized carbons (Fsp3) is 0.412. The smallest absolute Gasteiger partial charge is 0.320 e. The normalized spacial score (nSPS) is 11.9. The second-order valence-corrected chi connectivity index (χ2v) is 5.21. The van der Waals surface area contributed by atoms with E-state index in [2.05, 4.69) is 6.58 Å². The van der Waals surface area contributed by atoms with Crippen LogP contribution in [0.3, 0.4) is 0 Å². The fourth-order valence-electron chi connectivity index (χ4n) is 2.38. The Kier molecular flexibility index (Phi) is 6.15. The molecule has 0 aliphatic heterocycles. The van der Waals surface area contributed by atoms with Gasteiger partial charge in [0.05, 0.1) is 14.2 Å². The standard InChI is InChI=1S/C17H22O4/c1-11(2)9-14(13-8-6-7-12(3)10-13)15(16(18)20-4)17(19)21-5/h6-8,10,14-15H,1,9H2,2-5H3. The van der Waals surface area contributed by atoms with E-state index in [0.29, 0.717) is 6.42 Å². The van der Waals surface area contributed by atoms with E-state index in [1.807, 2.05) is 38.1 Å². The Hall–Kier alpha value is -2.10. The van der Waals surface area contributed by atoms with Crippen LogP contribution in [0.25, 0.3) is 0 Å². The molecule has 0 fully saturated rings. The number of hydrogen-bond donors (Lipinski definition) is 0. The van der Waals surface area contributed by atoms with Gasteiger partial charge in [0, 0.05) is 5.92 Å². The lowest BCUT2D eigenvalue weighted by Crippen LogP contribution is -2.32. The molecule has 1 atom stereocenters. The number of benzene rings is 1. The Bertz CT molecular complexity index is 517. The van der Waals surface area contributed by atoms with E-state index in [1.54, 1.807) is 0 Å². The highest BCUT2D eigenvalue weighted by Crippen LogP contribution is 2.33. The Morgan fingerprint density at radius 1 is 1.19 bits per heavy atom. The van der Waals surface area contributed by atoms with Gasteiger partial charge >= 0.3 is 11.9 Å². The highest BCUT2D eigenvalue weighted by molar-refractivity contribution is 5.96. The molecular weight excluding hydrogens is 268 g/mol. The molecule has 0 bridgehead atoms. The molecule has 0 radical (unpaired) electrons. The summed E-state index contributed by atoms with van der Waals surface area (Å²) in [7, 11) is 2.54. The molecule has 4 nitrogen and oxygen atoms in total. The van der Waals surface area contributed by atoms with Crippen LogP contribution in [0.15, 0.2) is 36.4 Å². The predicted molar refractivity (Wildman–Crippen MR) is 80.9 cm³/mol. The molecule has 0 N–H and O–H groups in total. The molecule has 1 unspecified atom stereocenters. The van der Waals surface area contributed by atoms with Crippen molar-refractivity contribution >= 4 is 11.9 Å². The first-order valence-electron chi connectivity index (χ1n) is 6.77. The quantitative estimate of drug-likeness (QED) is 0.459. The third kappa shape index (κ3) is 4.45. The molecular formula is C17H22O4. The van der Waals surface area contributed by atoms with Crippen molar-refractivity contribution in [3.8, 4) is 0 Å². The van der Waals surface area contributed by atoms with E-state index in [9.17, 15) is 9.59 Å². The van der Waals surface area contributed by atoms with Crippen LogP contribution in [0.5, 0.6) is 0 Å². The van der Waals surface area contributed by atoms with Gasteiger partial charge in [-0.15, -0.1) is 6.58 Å². The van der Waals surface area contributed by atoms with Crippen molar-refractivity contribution in [3.63, 3.8) is 0 Å². The van der Waals surface area contributed by atoms with Crippen molar-refractivity contribution in [2.24, 2.45) is 5.92 Å². The maximum Gasteiger partial charge on any atom is 0.320 e. The third-order valence-corrected chi connectivity index (χ3v) is 3.35. The summed E-state index contributed by atoms with van der Waals surface area (Å²) in [6.07, 6.45) is 0.512. The summed E-state index contributed by atoms with van der Waals surface area (Å²) < 4.78 is 9.56. The molecule has 21 heavy (non-hydrogen) atoms. The summed E-state index contributed by atoms with van der Waals surface area (Å²) in [5.41, 5.74) is 2.85. The summed E-state index contributed by atoms with van der Waals surface area (Å²) in [6.45, 7) is 7.73. The van der Waals surface area contributed by atoms with Crippen molar-refractivity contribution in [1.29, 1.82) is 0 Å². The number of ether oxygens (including phenoxy) is 2. The lowest BCUT2D eigenvalue weighted by Gasteiger charge is -2.24. The predicted octanol–water partition coefficient (Wildman–Crippen LogP) is 3.01. The number of carbonyl (C=O) groups excluding carboxylic acids is 2. The summed E-state index contributed by atoms with van der Waals surface area (Å²) in [5, 5.41) is 0. The monoisotopic (exact) mass is 290 g/mol. The summed E-state index contributed by atoms with van der Waals surface area (Å²) in [5.74, 6) is -2.51. The Morgan fingerprint density at radius 2 is 1.76 bits per heavy atom. The Morgan fingerprint density at radius 3 is 2.19 bits per heavy atom. The number of allylic oxidation sites excluding steroid dienone is 1. The van der Waals surface area contributed by atoms with E-state index < -0.39 is 17.9 Å². The zero-order chi connectivity index (χ0) is 16.0. The number of aryl methyl sites for hydroxylation is 1. The molecule has 0 saturated heterocycles. The SMILES string of the molecule is C=C(C)CC(c1cccc(C)c1)C(C(=O)OC)C(=O)OC. The summed E-state index contributed by atoms with van der Waals surface area (Å²) >= 11 is 0. The van der Waals surface area contributed by atoms with Gasteiger partial charge in [0.15, 0.2) is 5.92 Å². The summed E-state index contributed by atoms with van der Waals surface area (Å²) in [6, 6.07) is 7.74. The average molecular weight is 290 g/mol. The van der Waals surface area contributed by atoms with Crippen molar-refractivity contribution in [2.75, 3.05) is 14.2 Å². The second-order valence-electron chi connectivity index (χ2n) is 5.21. The largest absolute Gasteiger partial charge is 0.468 e. The maximum atomic E-state index is 12.0. The highest BCUT2D eigenvalue weighted by Gasteiger charge is 2.37. The Labute approximate surface area is 125 Å². The average Bonchev–Trinajstić information content (AvgIpc) is 2.45. The zero-order valence-corrected chi connectivity index (χ0v) is 13.0. The third-order valence-electron chi connectivity index (χ3n) is 3.35. The number of esters is 2. The molecule has 4 heteroatoms. The molecule has 0 saturated carbocycles. The van der Waals surface area contributed by atoms with Gasteiger partial charge in [0.2, 0.25) is 0 Å². The van der Waals surface area contributed by atoms with Crippen molar-refractivity contribution in [3.05, 3.63) is 47.5 Å². The lowest BCUT2D eigenvalue weighted by atomic mass is 9.81. The van der Waals surface area contributed by atoms with Crippen LogP contribution in [0.4, 0.5) is 0 Å². The van der Waals surface area contributed by atoms with E-state index in [1.165, 1.54) is 14.2 Å². The molecule has 0 amide bonds. The number of carbonyl (C=O) groups is 2. The number of hydrogen-bond acceptors (Lipinski definition) is 4. The first-order valence-corrected chi connectivity index (χ1v) is 6.77. The molecule has 0 aliphatic carbocycles. The molecule has 1 aromatic rings. The highest BCUT2D eigenvalue weighted by atomic mass is 16.5. The van der Waals surface area contributed by atoms with Crippen molar-refractivity contribution in [1.82, 2.24) is 0 Å². The van der Waals surface area contributed by atoms with Gasteiger partial charge in [0.25, 0.3) is 0 Å². The van der Waals surface area contributed by atoms with Gasteiger partial charge in [-0.3, -0.25) is 9.59 Å².